The van der Waals surface area contributed by atoms with Crippen molar-refractivity contribution in [2.75, 3.05) is 6.54 Å². The number of hydrogen-bond acceptors (Lipinski definition) is 2. The fraction of sp³-hybridized carbons (Fsp3) is 0.500. The molecule has 2 unspecified atom stereocenters. The minimum absolute atomic E-state index is 0.0203. The molecule has 0 aliphatic carbocycles. The van der Waals surface area contributed by atoms with Gasteiger partial charge < -0.3 is 15.7 Å². The van der Waals surface area contributed by atoms with E-state index < -0.39 is 5.97 Å². The summed E-state index contributed by atoms with van der Waals surface area (Å²) in [6, 6.07) is 9.72. The predicted octanol–water partition coefficient (Wildman–Crippen LogP) is 2.42. The summed E-state index contributed by atoms with van der Waals surface area (Å²) < 4.78 is 0. The number of nitrogens with one attached hydrogen (secondary N) is 2. The van der Waals surface area contributed by atoms with Crippen molar-refractivity contribution in [2.45, 2.75) is 39.2 Å². The van der Waals surface area contributed by atoms with Gasteiger partial charge in [0.15, 0.2) is 0 Å². The fourth-order valence-electron chi connectivity index (χ4n) is 2.14. The van der Waals surface area contributed by atoms with Gasteiger partial charge in [-0.05, 0) is 24.8 Å². The van der Waals surface area contributed by atoms with Crippen LogP contribution < -0.4 is 10.6 Å². The number of amides is 2. The summed E-state index contributed by atoms with van der Waals surface area (Å²) in [5, 5.41) is 14.4. The first-order valence-corrected chi connectivity index (χ1v) is 7.31. The van der Waals surface area contributed by atoms with E-state index in [9.17, 15) is 9.59 Å². The van der Waals surface area contributed by atoms with Gasteiger partial charge in [-0.3, -0.25) is 4.79 Å². The van der Waals surface area contributed by atoms with Gasteiger partial charge in [0.25, 0.3) is 0 Å². The van der Waals surface area contributed by atoms with E-state index in [1.54, 1.807) is 0 Å². The van der Waals surface area contributed by atoms with Gasteiger partial charge in [0.05, 0.1) is 0 Å². The zero-order valence-corrected chi connectivity index (χ0v) is 12.6. The van der Waals surface area contributed by atoms with Crippen LogP contribution in [0.3, 0.4) is 0 Å². The van der Waals surface area contributed by atoms with Crippen molar-refractivity contribution in [3.8, 4) is 0 Å². The summed E-state index contributed by atoms with van der Waals surface area (Å²) >= 11 is 0. The van der Waals surface area contributed by atoms with Gasteiger partial charge in [-0.2, -0.15) is 0 Å². The molecule has 116 valence electrons. The van der Waals surface area contributed by atoms with Crippen LogP contribution in [0.5, 0.6) is 0 Å². The maximum absolute atomic E-state index is 11.8. The highest BCUT2D eigenvalue weighted by atomic mass is 16.4. The largest absolute Gasteiger partial charge is 0.481 e. The summed E-state index contributed by atoms with van der Waals surface area (Å²) in [6.45, 7) is 4.25. The summed E-state index contributed by atoms with van der Waals surface area (Å²) in [5.41, 5.74) is 1.17. The molecular formula is C16H24N2O3. The molecule has 0 fully saturated rings. The Balaban J connectivity index is 2.31. The first-order chi connectivity index (χ1) is 10.0. The second-order valence-electron chi connectivity index (χ2n) is 5.32. The van der Waals surface area contributed by atoms with Crippen molar-refractivity contribution in [3.05, 3.63) is 35.9 Å². The molecule has 0 aliphatic heterocycles. The molecular weight excluding hydrogens is 268 g/mol. The summed E-state index contributed by atoms with van der Waals surface area (Å²) in [5.74, 6) is -0.862. The average molecular weight is 292 g/mol. The number of urea groups is 1. The number of carboxylic acid groups (broad SMARTS) is 1. The minimum atomic E-state index is -0.832. The quantitative estimate of drug-likeness (QED) is 0.688. The van der Waals surface area contributed by atoms with Crippen LogP contribution in [0, 0.1) is 5.92 Å². The Morgan fingerprint density at radius 1 is 1.24 bits per heavy atom. The van der Waals surface area contributed by atoms with Crippen molar-refractivity contribution >= 4 is 12.0 Å². The minimum Gasteiger partial charge on any atom is -0.481 e. The van der Waals surface area contributed by atoms with Crippen molar-refractivity contribution in [1.82, 2.24) is 10.6 Å². The highest BCUT2D eigenvalue weighted by molar-refractivity contribution is 5.74. The number of carbonyl (C=O) groups is 2. The average Bonchev–Trinajstić information content (AvgIpc) is 2.44. The van der Waals surface area contributed by atoms with Gasteiger partial charge in [-0.15, -0.1) is 0 Å². The van der Waals surface area contributed by atoms with Crippen LogP contribution in [0.25, 0.3) is 0 Å². The molecule has 0 saturated carbocycles. The zero-order valence-electron chi connectivity index (χ0n) is 12.6. The molecule has 1 rings (SSSR count). The molecule has 2 amide bonds. The summed E-state index contributed by atoms with van der Waals surface area (Å²) in [7, 11) is 0. The molecule has 1 aromatic rings. The van der Waals surface area contributed by atoms with Gasteiger partial charge in [-0.1, -0.05) is 43.7 Å². The predicted molar refractivity (Wildman–Crippen MR) is 82.2 cm³/mol. The van der Waals surface area contributed by atoms with Crippen molar-refractivity contribution < 1.29 is 14.7 Å². The van der Waals surface area contributed by atoms with Crippen LogP contribution in [0.2, 0.25) is 0 Å². The maximum Gasteiger partial charge on any atom is 0.315 e. The van der Waals surface area contributed by atoms with Crippen molar-refractivity contribution in [3.63, 3.8) is 0 Å². The number of carboxylic acids is 1. The molecule has 0 heterocycles. The van der Waals surface area contributed by atoms with Gasteiger partial charge in [0.1, 0.15) is 0 Å². The van der Waals surface area contributed by atoms with Gasteiger partial charge in [-0.25, -0.2) is 4.79 Å². The van der Waals surface area contributed by atoms with E-state index in [-0.39, 0.29) is 24.4 Å². The lowest BCUT2D eigenvalue weighted by Crippen LogP contribution is -2.43. The van der Waals surface area contributed by atoms with Gasteiger partial charge in [0, 0.05) is 19.0 Å². The third kappa shape index (κ3) is 7.34. The van der Waals surface area contributed by atoms with Crippen LogP contribution in [0.15, 0.2) is 30.3 Å². The van der Waals surface area contributed by atoms with Crippen molar-refractivity contribution in [2.24, 2.45) is 5.92 Å². The Morgan fingerprint density at radius 3 is 2.48 bits per heavy atom. The smallest absolute Gasteiger partial charge is 0.315 e. The molecule has 5 nitrogen and oxygen atoms in total. The monoisotopic (exact) mass is 292 g/mol. The van der Waals surface area contributed by atoms with E-state index >= 15 is 0 Å². The maximum atomic E-state index is 11.8. The lowest BCUT2D eigenvalue weighted by atomic mass is 10.0. The normalized spacial score (nSPS) is 13.2. The number of aliphatic carboxylic acids is 1. The SMILES string of the molecule is CCC(CNC(=O)NC(C)Cc1ccccc1)CC(=O)O. The molecule has 0 aromatic heterocycles. The third-order valence-corrected chi connectivity index (χ3v) is 3.35. The standard InChI is InChI=1S/C16H24N2O3/c1-3-13(10-15(19)20)11-17-16(21)18-12(2)9-14-7-5-4-6-8-14/h4-8,12-13H,3,9-11H2,1-2H3,(H,19,20)(H2,17,18,21). The molecule has 2 atom stereocenters. The third-order valence-electron chi connectivity index (χ3n) is 3.35. The van der Waals surface area contributed by atoms with Crippen LogP contribution in [0.1, 0.15) is 32.3 Å². The molecule has 0 spiro atoms. The Hall–Kier alpha value is -2.04. The van der Waals surface area contributed by atoms with Crippen LogP contribution in [-0.2, 0) is 11.2 Å². The van der Waals surface area contributed by atoms with E-state index in [4.69, 9.17) is 5.11 Å². The Morgan fingerprint density at radius 2 is 1.90 bits per heavy atom. The first kappa shape index (κ1) is 17.0. The number of carbonyl (C=O) groups excluding carboxylic acids is 1. The second-order valence-corrected chi connectivity index (χ2v) is 5.32. The molecule has 0 saturated heterocycles. The fourth-order valence-corrected chi connectivity index (χ4v) is 2.14. The molecule has 3 N–H and O–H groups in total. The Bertz CT molecular complexity index is 448. The number of benzene rings is 1. The van der Waals surface area contributed by atoms with Gasteiger partial charge in [0.2, 0.25) is 0 Å². The lowest BCUT2D eigenvalue weighted by Gasteiger charge is -2.17. The Kier molecular flexibility index (Phi) is 7.29. The highest BCUT2D eigenvalue weighted by Gasteiger charge is 2.13. The van der Waals surface area contributed by atoms with Crippen LogP contribution in [-0.4, -0.2) is 29.7 Å². The molecule has 0 radical (unpaired) electrons. The molecule has 1 aromatic carbocycles. The summed E-state index contributed by atoms with van der Waals surface area (Å²) in [6.07, 6.45) is 1.57. The number of rotatable bonds is 8. The lowest BCUT2D eigenvalue weighted by molar-refractivity contribution is -0.138. The van der Waals surface area contributed by atoms with Crippen LogP contribution >= 0.6 is 0 Å². The van der Waals surface area contributed by atoms with Crippen LogP contribution in [0.4, 0.5) is 4.79 Å². The summed E-state index contributed by atoms with van der Waals surface area (Å²) in [4.78, 5) is 22.4. The van der Waals surface area contributed by atoms with E-state index in [1.807, 2.05) is 44.2 Å². The molecule has 5 heteroatoms. The highest BCUT2D eigenvalue weighted by Crippen LogP contribution is 2.06. The van der Waals surface area contributed by atoms with Gasteiger partial charge >= 0.3 is 12.0 Å². The second kappa shape index (κ2) is 9.00. The van der Waals surface area contributed by atoms with E-state index in [0.29, 0.717) is 6.54 Å². The molecule has 21 heavy (non-hydrogen) atoms. The topological polar surface area (TPSA) is 78.4 Å². The van der Waals surface area contributed by atoms with E-state index in [2.05, 4.69) is 10.6 Å². The first-order valence-electron chi connectivity index (χ1n) is 7.31. The molecule has 0 bridgehead atoms. The van der Waals surface area contributed by atoms with E-state index in [1.165, 1.54) is 5.56 Å². The Labute approximate surface area is 125 Å². The molecule has 0 aliphatic rings. The van der Waals surface area contributed by atoms with E-state index in [0.717, 1.165) is 12.8 Å². The zero-order chi connectivity index (χ0) is 15.7. The number of hydrogen-bond donors (Lipinski definition) is 3. The van der Waals surface area contributed by atoms with Crippen molar-refractivity contribution in [1.29, 1.82) is 0 Å².